The molecule has 1 saturated heterocycles. The number of aliphatic hydroxyl groups excluding tert-OH is 1. The molecule has 0 aliphatic carbocycles. The van der Waals surface area contributed by atoms with Gasteiger partial charge in [0.05, 0.1) is 6.10 Å². The molecule has 0 spiro atoms. The maximum atomic E-state index is 9.56. The van der Waals surface area contributed by atoms with Crippen molar-refractivity contribution in [3.8, 4) is 0 Å². The normalized spacial score (nSPS) is 21.4. The third-order valence-electron chi connectivity index (χ3n) is 3.99. The van der Waals surface area contributed by atoms with Gasteiger partial charge in [-0.3, -0.25) is 0 Å². The Balaban J connectivity index is 1.65. The van der Waals surface area contributed by atoms with Crippen molar-refractivity contribution in [3.05, 3.63) is 65.7 Å². The molecule has 2 aromatic rings. The summed E-state index contributed by atoms with van der Waals surface area (Å²) >= 11 is 0. The van der Waals surface area contributed by atoms with Crippen molar-refractivity contribution < 1.29 is 5.11 Å². The molecule has 1 fully saturated rings. The van der Waals surface area contributed by atoms with E-state index in [1.807, 2.05) is 6.07 Å². The molecule has 3 nitrogen and oxygen atoms in total. The molecule has 21 heavy (non-hydrogen) atoms. The van der Waals surface area contributed by atoms with Crippen molar-refractivity contribution in [1.82, 2.24) is 5.32 Å². The Hall–Kier alpha value is -1.84. The SMILES string of the molecule is OC1CNC(CNc2ccccc2Cc2ccccc2)C1. The van der Waals surface area contributed by atoms with E-state index in [1.54, 1.807) is 0 Å². The third kappa shape index (κ3) is 3.84. The standard InChI is InChI=1S/C18H22N2O/c21-17-11-16(19-13-17)12-20-18-9-5-4-8-15(18)10-14-6-2-1-3-7-14/h1-9,16-17,19-21H,10-13H2. The number of nitrogens with one attached hydrogen (secondary N) is 2. The van der Waals surface area contributed by atoms with Crippen LogP contribution >= 0.6 is 0 Å². The molecule has 1 heterocycles. The number of β-amino-alcohol motifs (C(OH)–C–C–N with tert-alkyl or cyclic N) is 1. The Labute approximate surface area is 126 Å². The van der Waals surface area contributed by atoms with Crippen LogP contribution < -0.4 is 10.6 Å². The molecular weight excluding hydrogens is 260 g/mol. The van der Waals surface area contributed by atoms with E-state index in [4.69, 9.17) is 0 Å². The summed E-state index contributed by atoms with van der Waals surface area (Å²) in [6.07, 6.45) is 1.56. The number of aliphatic hydroxyl groups is 1. The van der Waals surface area contributed by atoms with Gasteiger partial charge in [0.2, 0.25) is 0 Å². The van der Waals surface area contributed by atoms with E-state index >= 15 is 0 Å². The lowest BCUT2D eigenvalue weighted by Crippen LogP contribution is -2.29. The fourth-order valence-corrected chi connectivity index (χ4v) is 2.85. The number of hydrogen-bond donors (Lipinski definition) is 3. The third-order valence-corrected chi connectivity index (χ3v) is 3.99. The quantitative estimate of drug-likeness (QED) is 0.789. The van der Waals surface area contributed by atoms with Crippen LogP contribution in [0.5, 0.6) is 0 Å². The van der Waals surface area contributed by atoms with Gasteiger partial charge < -0.3 is 15.7 Å². The Morgan fingerprint density at radius 2 is 1.81 bits per heavy atom. The Bertz CT molecular complexity index is 570. The summed E-state index contributed by atoms with van der Waals surface area (Å²) in [6, 6.07) is 19.3. The molecule has 3 heteroatoms. The van der Waals surface area contributed by atoms with Crippen LogP contribution in [0.2, 0.25) is 0 Å². The summed E-state index contributed by atoms with van der Waals surface area (Å²) in [5.41, 5.74) is 3.81. The molecule has 0 amide bonds. The molecule has 1 aliphatic rings. The second-order valence-electron chi connectivity index (χ2n) is 5.70. The van der Waals surface area contributed by atoms with E-state index in [0.717, 1.165) is 19.4 Å². The van der Waals surface area contributed by atoms with Crippen LogP contribution in [-0.4, -0.2) is 30.3 Å². The lowest BCUT2D eigenvalue weighted by molar-refractivity contribution is 0.193. The fourth-order valence-electron chi connectivity index (χ4n) is 2.85. The number of rotatable bonds is 5. The van der Waals surface area contributed by atoms with E-state index in [9.17, 15) is 5.11 Å². The van der Waals surface area contributed by atoms with Crippen LogP contribution in [0.15, 0.2) is 54.6 Å². The number of anilines is 1. The van der Waals surface area contributed by atoms with Gasteiger partial charge >= 0.3 is 0 Å². The van der Waals surface area contributed by atoms with Crippen molar-refractivity contribution in [3.63, 3.8) is 0 Å². The first kappa shape index (κ1) is 14.1. The monoisotopic (exact) mass is 282 g/mol. The van der Waals surface area contributed by atoms with Crippen molar-refractivity contribution in [2.24, 2.45) is 0 Å². The minimum Gasteiger partial charge on any atom is -0.392 e. The molecule has 3 rings (SSSR count). The largest absolute Gasteiger partial charge is 0.392 e. The lowest BCUT2D eigenvalue weighted by Gasteiger charge is -2.16. The molecule has 2 unspecified atom stereocenters. The van der Waals surface area contributed by atoms with Crippen molar-refractivity contribution in [1.29, 1.82) is 0 Å². The summed E-state index contributed by atoms with van der Waals surface area (Å²) < 4.78 is 0. The van der Waals surface area contributed by atoms with Crippen LogP contribution in [0, 0.1) is 0 Å². The van der Waals surface area contributed by atoms with Gasteiger partial charge in [-0.25, -0.2) is 0 Å². The summed E-state index contributed by atoms with van der Waals surface area (Å²) in [4.78, 5) is 0. The van der Waals surface area contributed by atoms with E-state index < -0.39 is 0 Å². The molecule has 0 bridgehead atoms. The molecular formula is C18H22N2O. The molecule has 3 N–H and O–H groups in total. The van der Waals surface area contributed by atoms with E-state index in [0.29, 0.717) is 12.6 Å². The molecule has 2 atom stereocenters. The Morgan fingerprint density at radius 1 is 1.05 bits per heavy atom. The van der Waals surface area contributed by atoms with Crippen LogP contribution in [0.1, 0.15) is 17.5 Å². The zero-order chi connectivity index (χ0) is 14.5. The fraction of sp³-hybridized carbons (Fsp3) is 0.333. The summed E-state index contributed by atoms with van der Waals surface area (Å²) in [6.45, 7) is 1.56. The maximum Gasteiger partial charge on any atom is 0.0680 e. The minimum atomic E-state index is -0.198. The predicted molar refractivity (Wildman–Crippen MR) is 86.6 cm³/mol. The van der Waals surface area contributed by atoms with E-state index in [-0.39, 0.29) is 6.10 Å². The van der Waals surface area contributed by atoms with Crippen molar-refractivity contribution in [2.75, 3.05) is 18.4 Å². The van der Waals surface area contributed by atoms with E-state index in [2.05, 4.69) is 59.2 Å². The summed E-state index contributed by atoms with van der Waals surface area (Å²) in [7, 11) is 0. The van der Waals surface area contributed by atoms with Crippen LogP contribution in [-0.2, 0) is 6.42 Å². The molecule has 0 saturated carbocycles. The van der Waals surface area contributed by atoms with Crippen LogP contribution in [0.25, 0.3) is 0 Å². The van der Waals surface area contributed by atoms with Gasteiger partial charge in [0.1, 0.15) is 0 Å². The highest BCUT2D eigenvalue weighted by Gasteiger charge is 2.21. The highest BCUT2D eigenvalue weighted by Crippen LogP contribution is 2.19. The first-order chi connectivity index (χ1) is 10.3. The van der Waals surface area contributed by atoms with E-state index in [1.165, 1.54) is 16.8 Å². The predicted octanol–water partition coefficient (Wildman–Crippen LogP) is 2.41. The van der Waals surface area contributed by atoms with Crippen molar-refractivity contribution in [2.45, 2.75) is 25.0 Å². The minimum absolute atomic E-state index is 0.198. The summed E-state index contributed by atoms with van der Waals surface area (Å²) in [5.74, 6) is 0. The number of hydrogen-bond acceptors (Lipinski definition) is 3. The van der Waals surface area contributed by atoms with Crippen LogP contribution in [0.4, 0.5) is 5.69 Å². The topological polar surface area (TPSA) is 44.3 Å². The average molecular weight is 282 g/mol. The second kappa shape index (κ2) is 6.74. The van der Waals surface area contributed by atoms with Gasteiger partial charge in [0.15, 0.2) is 0 Å². The molecule has 110 valence electrons. The van der Waals surface area contributed by atoms with Crippen molar-refractivity contribution >= 4 is 5.69 Å². The van der Waals surface area contributed by atoms with Gasteiger partial charge in [-0.15, -0.1) is 0 Å². The van der Waals surface area contributed by atoms with Gasteiger partial charge in [0, 0.05) is 24.8 Å². The smallest absolute Gasteiger partial charge is 0.0680 e. The number of para-hydroxylation sites is 1. The second-order valence-corrected chi connectivity index (χ2v) is 5.70. The molecule has 1 aliphatic heterocycles. The van der Waals surface area contributed by atoms with Crippen LogP contribution in [0.3, 0.4) is 0 Å². The average Bonchev–Trinajstić information content (AvgIpc) is 2.93. The zero-order valence-corrected chi connectivity index (χ0v) is 12.1. The first-order valence-electron chi connectivity index (χ1n) is 7.58. The van der Waals surface area contributed by atoms with Gasteiger partial charge in [-0.2, -0.15) is 0 Å². The first-order valence-corrected chi connectivity index (χ1v) is 7.58. The lowest BCUT2D eigenvalue weighted by atomic mass is 10.0. The molecule has 0 aromatic heterocycles. The highest BCUT2D eigenvalue weighted by molar-refractivity contribution is 5.52. The Kier molecular flexibility index (Phi) is 4.53. The highest BCUT2D eigenvalue weighted by atomic mass is 16.3. The Morgan fingerprint density at radius 3 is 2.57 bits per heavy atom. The number of benzene rings is 2. The summed E-state index contributed by atoms with van der Waals surface area (Å²) in [5, 5.41) is 16.4. The van der Waals surface area contributed by atoms with Gasteiger partial charge in [-0.05, 0) is 30.0 Å². The van der Waals surface area contributed by atoms with Gasteiger partial charge in [0.25, 0.3) is 0 Å². The molecule has 0 radical (unpaired) electrons. The maximum absolute atomic E-state index is 9.56. The zero-order valence-electron chi connectivity index (χ0n) is 12.1. The molecule has 2 aromatic carbocycles. The van der Waals surface area contributed by atoms with Gasteiger partial charge in [-0.1, -0.05) is 48.5 Å².